The van der Waals surface area contributed by atoms with Crippen LogP contribution >= 0.6 is 11.6 Å². The zero-order chi connectivity index (χ0) is 20.6. The summed E-state index contributed by atoms with van der Waals surface area (Å²) < 4.78 is 5.50. The number of nitrogens with zero attached hydrogens (tertiary/aromatic N) is 2. The first-order valence-corrected chi connectivity index (χ1v) is 10.4. The molecule has 0 spiro atoms. The van der Waals surface area contributed by atoms with Crippen LogP contribution < -0.4 is 20.3 Å². The van der Waals surface area contributed by atoms with Crippen LogP contribution in [0, 0.1) is 6.92 Å². The van der Waals surface area contributed by atoms with Crippen LogP contribution in [0.15, 0.2) is 42.5 Å². The normalized spacial score (nSPS) is 14.5. The number of hydrogen-bond acceptors (Lipinski definition) is 4. The van der Waals surface area contributed by atoms with Crippen LogP contribution in [0.3, 0.4) is 0 Å². The lowest BCUT2D eigenvalue weighted by atomic mass is 10.2. The zero-order valence-corrected chi connectivity index (χ0v) is 17.8. The molecule has 2 aromatic carbocycles. The Bertz CT molecular complexity index is 805. The average molecular weight is 417 g/mol. The Hall–Kier alpha value is -2.44. The second-order valence-corrected chi connectivity index (χ2v) is 7.53. The van der Waals surface area contributed by atoms with Crippen molar-refractivity contribution in [2.24, 2.45) is 0 Å². The minimum Gasteiger partial charge on any atom is -0.494 e. The molecule has 2 amide bonds. The third-order valence-corrected chi connectivity index (χ3v) is 5.30. The van der Waals surface area contributed by atoms with Crippen molar-refractivity contribution in [2.45, 2.75) is 13.8 Å². The molecule has 2 aromatic rings. The molecule has 2 N–H and O–H groups in total. The number of hydrogen-bond donors (Lipinski definition) is 2. The largest absolute Gasteiger partial charge is 0.494 e. The fraction of sp³-hybridized carbons (Fsp3) is 0.409. The summed E-state index contributed by atoms with van der Waals surface area (Å²) in [6, 6.07) is 13.6. The minimum absolute atomic E-state index is 0.231. The summed E-state index contributed by atoms with van der Waals surface area (Å²) in [6.07, 6.45) is 0. The maximum atomic E-state index is 12.1. The van der Waals surface area contributed by atoms with Crippen molar-refractivity contribution in [2.75, 3.05) is 56.1 Å². The minimum atomic E-state index is -0.231. The van der Waals surface area contributed by atoms with Gasteiger partial charge in [0.2, 0.25) is 0 Å². The summed E-state index contributed by atoms with van der Waals surface area (Å²) in [6.45, 7) is 9.95. The number of carbonyl (C=O) groups is 1. The number of piperazine rings is 1. The van der Waals surface area contributed by atoms with E-state index in [0.29, 0.717) is 23.9 Å². The number of carbonyl (C=O) groups excluding carboxylic acids is 1. The maximum Gasteiger partial charge on any atom is 0.319 e. The van der Waals surface area contributed by atoms with E-state index in [0.717, 1.165) is 44.0 Å². The maximum absolute atomic E-state index is 12.1. The van der Waals surface area contributed by atoms with Gasteiger partial charge in [0.25, 0.3) is 0 Å². The van der Waals surface area contributed by atoms with Crippen molar-refractivity contribution in [1.29, 1.82) is 0 Å². The lowest BCUT2D eigenvalue weighted by Gasteiger charge is -2.36. The van der Waals surface area contributed by atoms with E-state index in [1.807, 2.05) is 38.1 Å². The van der Waals surface area contributed by atoms with E-state index in [4.69, 9.17) is 16.3 Å². The molecule has 0 aromatic heterocycles. The predicted molar refractivity (Wildman–Crippen MR) is 119 cm³/mol. The van der Waals surface area contributed by atoms with Crippen LogP contribution in [0.5, 0.6) is 5.75 Å². The number of urea groups is 1. The second kappa shape index (κ2) is 10.4. The van der Waals surface area contributed by atoms with Gasteiger partial charge in [-0.15, -0.1) is 0 Å². The van der Waals surface area contributed by atoms with Crippen LogP contribution in [0.1, 0.15) is 12.5 Å². The molecular weight excluding hydrogens is 388 g/mol. The van der Waals surface area contributed by atoms with Crippen molar-refractivity contribution in [3.05, 3.63) is 53.1 Å². The molecule has 6 nitrogen and oxygen atoms in total. The Morgan fingerprint density at radius 1 is 1.10 bits per heavy atom. The van der Waals surface area contributed by atoms with Gasteiger partial charge in [0.05, 0.1) is 17.3 Å². The number of benzene rings is 2. The van der Waals surface area contributed by atoms with Gasteiger partial charge in [0, 0.05) is 45.0 Å². The molecule has 156 valence electrons. The highest BCUT2D eigenvalue weighted by Gasteiger charge is 2.17. The Morgan fingerprint density at radius 2 is 1.83 bits per heavy atom. The highest BCUT2D eigenvalue weighted by atomic mass is 35.5. The number of ether oxygens (including phenoxy) is 1. The Kier molecular flexibility index (Phi) is 7.61. The molecule has 0 bridgehead atoms. The van der Waals surface area contributed by atoms with E-state index >= 15 is 0 Å². The summed E-state index contributed by atoms with van der Waals surface area (Å²) in [4.78, 5) is 16.9. The van der Waals surface area contributed by atoms with Gasteiger partial charge in [-0.25, -0.2) is 4.79 Å². The highest BCUT2D eigenvalue weighted by Crippen LogP contribution is 2.23. The number of anilines is 2. The Labute approximate surface area is 177 Å². The standard InChI is InChI=1S/C22H29ClN4O2/c1-3-29-19-7-5-18(6-8-19)27-14-12-26(13-15-27)11-10-24-22(28)25-21-16-17(2)4-9-20(21)23/h4-9,16H,3,10-15H2,1-2H3,(H2,24,25,28). The van der Waals surface area contributed by atoms with Crippen LogP contribution in [-0.2, 0) is 0 Å². The smallest absolute Gasteiger partial charge is 0.319 e. The van der Waals surface area contributed by atoms with E-state index in [2.05, 4.69) is 32.6 Å². The van der Waals surface area contributed by atoms with Crippen molar-refractivity contribution in [3.8, 4) is 5.75 Å². The summed E-state index contributed by atoms with van der Waals surface area (Å²) in [5.74, 6) is 0.909. The third kappa shape index (κ3) is 6.27. The molecule has 1 saturated heterocycles. The van der Waals surface area contributed by atoms with E-state index in [1.54, 1.807) is 6.07 Å². The molecule has 1 aliphatic rings. The van der Waals surface area contributed by atoms with E-state index in [-0.39, 0.29) is 6.03 Å². The van der Waals surface area contributed by atoms with Crippen LogP contribution in [0.2, 0.25) is 5.02 Å². The SMILES string of the molecule is CCOc1ccc(N2CCN(CCNC(=O)Nc3cc(C)ccc3Cl)CC2)cc1. The van der Waals surface area contributed by atoms with Gasteiger partial charge in [-0.05, 0) is 55.8 Å². The lowest BCUT2D eigenvalue weighted by molar-refractivity contribution is 0.240. The van der Waals surface area contributed by atoms with Crippen LogP contribution in [-0.4, -0.2) is 56.8 Å². The average Bonchev–Trinajstić information content (AvgIpc) is 2.72. The first kappa shape index (κ1) is 21.3. The number of nitrogens with one attached hydrogen (secondary N) is 2. The second-order valence-electron chi connectivity index (χ2n) is 7.12. The van der Waals surface area contributed by atoms with E-state index < -0.39 is 0 Å². The first-order valence-electron chi connectivity index (χ1n) is 10.1. The number of rotatable bonds is 7. The molecule has 3 rings (SSSR count). The predicted octanol–water partition coefficient (Wildman–Crippen LogP) is 3.99. The van der Waals surface area contributed by atoms with Crippen molar-refractivity contribution >= 4 is 29.0 Å². The van der Waals surface area contributed by atoms with Crippen molar-refractivity contribution in [3.63, 3.8) is 0 Å². The fourth-order valence-corrected chi connectivity index (χ4v) is 3.54. The van der Waals surface area contributed by atoms with Gasteiger partial charge in [-0.3, -0.25) is 4.90 Å². The number of halogens is 1. The van der Waals surface area contributed by atoms with Gasteiger partial charge in [0.1, 0.15) is 5.75 Å². The highest BCUT2D eigenvalue weighted by molar-refractivity contribution is 6.33. The topological polar surface area (TPSA) is 56.8 Å². The fourth-order valence-electron chi connectivity index (χ4n) is 3.38. The molecule has 1 aliphatic heterocycles. The molecule has 0 saturated carbocycles. The van der Waals surface area contributed by atoms with Gasteiger partial charge < -0.3 is 20.3 Å². The summed E-state index contributed by atoms with van der Waals surface area (Å²) in [5.41, 5.74) is 2.91. The first-order chi connectivity index (χ1) is 14.0. The number of aryl methyl sites for hydroxylation is 1. The molecule has 0 aliphatic carbocycles. The van der Waals surface area contributed by atoms with Crippen molar-refractivity contribution < 1.29 is 9.53 Å². The molecule has 0 unspecified atom stereocenters. The number of amides is 2. The van der Waals surface area contributed by atoms with E-state index in [9.17, 15) is 4.79 Å². The zero-order valence-electron chi connectivity index (χ0n) is 17.1. The van der Waals surface area contributed by atoms with Crippen molar-refractivity contribution in [1.82, 2.24) is 10.2 Å². The lowest BCUT2D eigenvalue weighted by Crippen LogP contribution is -2.48. The molecule has 0 atom stereocenters. The van der Waals surface area contributed by atoms with Gasteiger partial charge in [0.15, 0.2) is 0 Å². The van der Waals surface area contributed by atoms with Crippen LogP contribution in [0.4, 0.5) is 16.2 Å². The monoisotopic (exact) mass is 416 g/mol. The van der Waals surface area contributed by atoms with Gasteiger partial charge in [-0.2, -0.15) is 0 Å². The summed E-state index contributed by atoms with van der Waals surface area (Å²) >= 11 is 6.12. The molecule has 7 heteroatoms. The van der Waals surface area contributed by atoms with Gasteiger partial charge >= 0.3 is 6.03 Å². The molecular formula is C22H29ClN4O2. The molecule has 1 fully saturated rings. The molecule has 0 radical (unpaired) electrons. The third-order valence-electron chi connectivity index (χ3n) is 4.97. The Balaban J connectivity index is 1.37. The molecule has 29 heavy (non-hydrogen) atoms. The van der Waals surface area contributed by atoms with Crippen LogP contribution in [0.25, 0.3) is 0 Å². The molecule has 1 heterocycles. The summed E-state index contributed by atoms with van der Waals surface area (Å²) in [5, 5.41) is 6.26. The quantitative estimate of drug-likeness (QED) is 0.716. The van der Waals surface area contributed by atoms with Gasteiger partial charge in [-0.1, -0.05) is 17.7 Å². The summed E-state index contributed by atoms with van der Waals surface area (Å²) in [7, 11) is 0. The Morgan fingerprint density at radius 3 is 2.52 bits per heavy atom. The van der Waals surface area contributed by atoms with E-state index in [1.165, 1.54) is 5.69 Å².